The van der Waals surface area contributed by atoms with E-state index in [-0.39, 0.29) is 18.4 Å². The topological polar surface area (TPSA) is 52.6 Å². The summed E-state index contributed by atoms with van der Waals surface area (Å²) in [6.07, 6.45) is 1.49. The first-order valence-electron chi connectivity index (χ1n) is 6.48. The lowest BCUT2D eigenvalue weighted by Gasteiger charge is -2.12. The van der Waals surface area contributed by atoms with E-state index >= 15 is 0 Å². The molecule has 0 saturated carbocycles. The number of benzene rings is 1. The zero-order chi connectivity index (χ0) is 14.3. The van der Waals surface area contributed by atoms with Crippen molar-refractivity contribution in [1.29, 1.82) is 0 Å². The van der Waals surface area contributed by atoms with Gasteiger partial charge in [0.05, 0.1) is 19.3 Å². The number of methoxy groups -OCH3 is 1. The van der Waals surface area contributed by atoms with Gasteiger partial charge in [-0.1, -0.05) is 25.1 Å². The summed E-state index contributed by atoms with van der Waals surface area (Å²) in [5, 5.41) is 0. The van der Waals surface area contributed by atoms with Crippen LogP contribution in [-0.2, 0) is 27.1 Å². The fourth-order valence-corrected chi connectivity index (χ4v) is 1.96. The largest absolute Gasteiger partial charge is 0.469 e. The van der Waals surface area contributed by atoms with Crippen LogP contribution in [0.25, 0.3) is 0 Å². The summed E-state index contributed by atoms with van der Waals surface area (Å²) in [5.74, 6) is -0.600. The highest BCUT2D eigenvalue weighted by Crippen LogP contribution is 2.19. The minimum absolute atomic E-state index is 0.260. The van der Waals surface area contributed by atoms with Crippen molar-refractivity contribution in [2.24, 2.45) is 0 Å². The van der Waals surface area contributed by atoms with Crippen LogP contribution >= 0.6 is 0 Å². The van der Waals surface area contributed by atoms with Gasteiger partial charge in [0.2, 0.25) is 0 Å². The molecule has 19 heavy (non-hydrogen) atoms. The molecule has 0 fully saturated rings. The summed E-state index contributed by atoms with van der Waals surface area (Å²) in [6, 6.07) is 5.66. The molecular formula is C15H20O4. The van der Waals surface area contributed by atoms with Crippen LogP contribution in [0.4, 0.5) is 0 Å². The summed E-state index contributed by atoms with van der Waals surface area (Å²) in [5.41, 5.74) is 2.37. The molecule has 0 aromatic heterocycles. The van der Waals surface area contributed by atoms with Crippen molar-refractivity contribution in [3.63, 3.8) is 0 Å². The van der Waals surface area contributed by atoms with E-state index in [1.807, 2.05) is 25.1 Å². The number of carbonyl (C=O) groups is 2. The highest BCUT2D eigenvalue weighted by atomic mass is 16.5. The monoisotopic (exact) mass is 264 g/mol. The molecule has 0 amide bonds. The number of hydrogen-bond acceptors (Lipinski definition) is 4. The van der Waals surface area contributed by atoms with Crippen molar-refractivity contribution < 1.29 is 19.1 Å². The van der Waals surface area contributed by atoms with Crippen LogP contribution in [0.15, 0.2) is 18.2 Å². The van der Waals surface area contributed by atoms with E-state index in [0.29, 0.717) is 18.6 Å². The number of esters is 2. The maximum Gasteiger partial charge on any atom is 0.338 e. The van der Waals surface area contributed by atoms with Crippen LogP contribution in [-0.4, -0.2) is 25.7 Å². The molecule has 0 aliphatic rings. The predicted octanol–water partition coefficient (Wildman–Crippen LogP) is 2.53. The molecule has 104 valence electrons. The fourth-order valence-electron chi connectivity index (χ4n) is 1.96. The first-order chi connectivity index (χ1) is 9.13. The maximum atomic E-state index is 12.0. The minimum Gasteiger partial charge on any atom is -0.469 e. The first-order valence-corrected chi connectivity index (χ1v) is 6.48. The van der Waals surface area contributed by atoms with Crippen LogP contribution in [0.1, 0.15) is 41.8 Å². The third-order valence-corrected chi connectivity index (χ3v) is 2.92. The molecule has 0 atom stereocenters. The number of hydrogen-bond donors (Lipinski definition) is 0. The highest BCUT2D eigenvalue weighted by Gasteiger charge is 2.17. The third kappa shape index (κ3) is 4.09. The van der Waals surface area contributed by atoms with E-state index in [2.05, 4.69) is 4.74 Å². The van der Waals surface area contributed by atoms with E-state index < -0.39 is 0 Å². The molecule has 1 aromatic rings. The Balaban J connectivity index is 3.01. The summed E-state index contributed by atoms with van der Waals surface area (Å²) >= 11 is 0. The van der Waals surface area contributed by atoms with E-state index in [0.717, 1.165) is 17.5 Å². The van der Waals surface area contributed by atoms with Crippen LogP contribution < -0.4 is 0 Å². The number of aryl methyl sites for hydroxylation is 2. The normalized spacial score (nSPS) is 10.1. The SMILES string of the molecule is CCOC(=O)c1c(CC)cccc1CCC(=O)OC. The quantitative estimate of drug-likeness (QED) is 0.741. The van der Waals surface area contributed by atoms with Gasteiger partial charge in [-0.25, -0.2) is 4.79 Å². The molecule has 0 aliphatic heterocycles. The minimum atomic E-state index is -0.320. The van der Waals surface area contributed by atoms with E-state index in [1.54, 1.807) is 6.92 Å². The van der Waals surface area contributed by atoms with Gasteiger partial charge in [0.1, 0.15) is 0 Å². The van der Waals surface area contributed by atoms with Crippen LogP contribution in [0.3, 0.4) is 0 Å². The molecule has 0 saturated heterocycles. The van der Waals surface area contributed by atoms with Gasteiger partial charge in [-0.3, -0.25) is 4.79 Å². The maximum absolute atomic E-state index is 12.0. The molecule has 0 heterocycles. The Morgan fingerprint density at radius 2 is 1.84 bits per heavy atom. The van der Waals surface area contributed by atoms with Crippen LogP contribution in [0.2, 0.25) is 0 Å². The zero-order valence-electron chi connectivity index (χ0n) is 11.7. The molecule has 0 spiro atoms. The first kappa shape index (κ1) is 15.2. The van der Waals surface area contributed by atoms with Gasteiger partial charge in [-0.05, 0) is 30.9 Å². The molecule has 0 N–H and O–H groups in total. The average Bonchev–Trinajstić information content (AvgIpc) is 2.44. The summed E-state index contributed by atoms with van der Waals surface area (Å²) in [7, 11) is 1.36. The Morgan fingerprint density at radius 3 is 2.42 bits per heavy atom. The second kappa shape index (κ2) is 7.56. The van der Waals surface area contributed by atoms with Gasteiger partial charge >= 0.3 is 11.9 Å². The smallest absolute Gasteiger partial charge is 0.338 e. The fraction of sp³-hybridized carbons (Fsp3) is 0.467. The van der Waals surface area contributed by atoms with Crippen molar-refractivity contribution >= 4 is 11.9 Å². The number of carbonyl (C=O) groups excluding carboxylic acids is 2. The van der Waals surface area contributed by atoms with E-state index in [4.69, 9.17) is 4.74 Å². The molecule has 4 nitrogen and oxygen atoms in total. The molecular weight excluding hydrogens is 244 g/mol. The Hall–Kier alpha value is -1.84. The summed E-state index contributed by atoms with van der Waals surface area (Å²) < 4.78 is 9.71. The molecule has 0 aliphatic carbocycles. The van der Waals surface area contributed by atoms with Crippen LogP contribution in [0.5, 0.6) is 0 Å². The lowest BCUT2D eigenvalue weighted by Crippen LogP contribution is -2.12. The summed E-state index contributed by atoms with van der Waals surface area (Å²) in [4.78, 5) is 23.2. The molecule has 0 unspecified atom stereocenters. The van der Waals surface area contributed by atoms with Crippen LogP contribution in [0, 0.1) is 0 Å². The molecule has 0 bridgehead atoms. The second-order valence-electron chi connectivity index (χ2n) is 4.10. The number of rotatable bonds is 6. The zero-order valence-corrected chi connectivity index (χ0v) is 11.7. The Bertz CT molecular complexity index is 451. The van der Waals surface area contributed by atoms with Gasteiger partial charge in [0.15, 0.2) is 0 Å². The Morgan fingerprint density at radius 1 is 1.16 bits per heavy atom. The van der Waals surface area contributed by atoms with Crippen molar-refractivity contribution in [2.75, 3.05) is 13.7 Å². The van der Waals surface area contributed by atoms with Gasteiger partial charge < -0.3 is 9.47 Å². The number of ether oxygens (including phenoxy) is 2. The third-order valence-electron chi connectivity index (χ3n) is 2.92. The second-order valence-corrected chi connectivity index (χ2v) is 4.10. The molecule has 1 aromatic carbocycles. The molecule has 0 radical (unpaired) electrons. The van der Waals surface area contributed by atoms with E-state index in [9.17, 15) is 9.59 Å². The lowest BCUT2D eigenvalue weighted by molar-refractivity contribution is -0.140. The van der Waals surface area contributed by atoms with Gasteiger partial charge in [0.25, 0.3) is 0 Å². The van der Waals surface area contributed by atoms with Crippen molar-refractivity contribution in [3.05, 3.63) is 34.9 Å². The van der Waals surface area contributed by atoms with Gasteiger partial charge in [-0.2, -0.15) is 0 Å². The predicted molar refractivity (Wildman–Crippen MR) is 72.1 cm³/mol. The molecule has 1 rings (SSSR count). The van der Waals surface area contributed by atoms with Crippen molar-refractivity contribution in [2.45, 2.75) is 33.1 Å². The van der Waals surface area contributed by atoms with E-state index in [1.165, 1.54) is 7.11 Å². The average molecular weight is 264 g/mol. The standard InChI is InChI=1S/C15H20O4/c1-4-11-7-6-8-12(9-10-13(16)18-3)14(11)15(17)19-5-2/h6-8H,4-5,9-10H2,1-3H3. The van der Waals surface area contributed by atoms with Crippen molar-refractivity contribution in [1.82, 2.24) is 0 Å². The van der Waals surface area contributed by atoms with Gasteiger partial charge in [-0.15, -0.1) is 0 Å². The highest BCUT2D eigenvalue weighted by molar-refractivity contribution is 5.93. The summed E-state index contributed by atoms with van der Waals surface area (Å²) in [6.45, 7) is 4.11. The van der Waals surface area contributed by atoms with Gasteiger partial charge in [0, 0.05) is 6.42 Å². The Kier molecular flexibility index (Phi) is 6.06. The molecule has 4 heteroatoms. The lowest BCUT2D eigenvalue weighted by atomic mass is 9.96. The Labute approximate surface area is 113 Å². The van der Waals surface area contributed by atoms with Crippen molar-refractivity contribution in [3.8, 4) is 0 Å².